The fourth-order valence-electron chi connectivity index (χ4n) is 1.36. The van der Waals surface area contributed by atoms with Gasteiger partial charge in [-0.15, -0.1) is 0 Å². The number of hydrogen-bond donors (Lipinski definition) is 2. The van der Waals surface area contributed by atoms with Crippen LogP contribution in [0.4, 0.5) is 0 Å². The van der Waals surface area contributed by atoms with Gasteiger partial charge in [-0.2, -0.15) is 17.7 Å². The van der Waals surface area contributed by atoms with Crippen LogP contribution in [-0.2, 0) is 0 Å². The lowest BCUT2D eigenvalue weighted by Gasteiger charge is -1.93. The Labute approximate surface area is 88.4 Å². The van der Waals surface area contributed by atoms with E-state index in [1.54, 1.807) is 0 Å². The Morgan fingerprint density at radius 1 is 1.43 bits per heavy atom. The van der Waals surface area contributed by atoms with Crippen LogP contribution >= 0.6 is 12.6 Å². The quantitative estimate of drug-likeness (QED) is 0.739. The number of thiol groups is 1. The van der Waals surface area contributed by atoms with Crippen LogP contribution in [-0.4, -0.2) is 16.0 Å². The van der Waals surface area contributed by atoms with E-state index in [0.29, 0.717) is 0 Å². The first-order valence-corrected chi connectivity index (χ1v) is 5.24. The molecule has 0 atom stereocenters. The normalized spacial score (nSPS) is 11.5. The van der Waals surface area contributed by atoms with Crippen molar-refractivity contribution in [1.29, 1.82) is 0 Å². The van der Waals surface area contributed by atoms with Crippen LogP contribution in [0.25, 0.3) is 17.0 Å². The molecule has 0 fully saturated rings. The van der Waals surface area contributed by atoms with Crippen molar-refractivity contribution in [2.75, 3.05) is 5.75 Å². The van der Waals surface area contributed by atoms with Gasteiger partial charge in [0, 0.05) is 5.39 Å². The Morgan fingerprint density at radius 3 is 3.21 bits per heavy atom. The summed E-state index contributed by atoms with van der Waals surface area (Å²) in [7, 11) is 0. The molecule has 3 heteroatoms. The minimum absolute atomic E-state index is 0.893. The predicted octanol–water partition coefficient (Wildman–Crippen LogP) is 2.90. The van der Waals surface area contributed by atoms with Crippen LogP contribution in [0.1, 0.15) is 12.0 Å². The highest BCUT2D eigenvalue weighted by atomic mass is 32.1. The fourth-order valence-corrected chi connectivity index (χ4v) is 1.51. The Balaban J connectivity index is 2.25. The summed E-state index contributed by atoms with van der Waals surface area (Å²) in [6, 6.07) is 6.24. The number of fused-ring (bicyclic) bond motifs is 1. The Bertz CT molecular complexity index is 445. The van der Waals surface area contributed by atoms with E-state index in [4.69, 9.17) is 0 Å². The molecular formula is C11H12N2S. The van der Waals surface area contributed by atoms with Crippen LogP contribution in [0.5, 0.6) is 0 Å². The first-order chi connectivity index (χ1) is 6.90. The Morgan fingerprint density at radius 2 is 2.36 bits per heavy atom. The molecule has 1 heterocycles. The van der Waals surface area contributed by atoms with E-state index in [0.717, 1.165) is 23.1 Å². The van der Waals surface area contributed by atoms with Crippen LogP contribution < -0.4 is 0 Å². The molecule has 0 bridgehead atoms. The highest BCUT2D eigenvalue weighted by Gasteiger charge is 1.94. The summed E-state index contributed by atoms with van der Waals surface area (Å²) in [6.07, 6.45) is 7.09. The second kappa shape index (κ2) is 4.33. The van der Waals surface area contributed by atoms with Crippen LogP contribution in [0.3, 0.4) is 0 Å². The summed E-state index contributed by atoms with van der Waals surface area (Å²) in [5.74, 6) is 0.893. The highest BCUT2D eigenvalue weighted by Crippen LogP contribution is 2.13. The van der Waals surface area contributed by atoms with Gasteiger partial charge in [0.1, 0.15) is 0 Å². The zero-order valence-corrected chi connectivity index (χ0v) is 8.67. The first kappa shape index (κ1) is 9.34. The van der Waals surface area contributed by atoms with Gasteiger partial charge in [0.2, 0.25) is 0 Å². The number of nitrogens with one attached hydrogen (secondary N) is 1. The van der Waals surface area contributed by atoms with Gasteiger partial charge < -0.3 is 0 Å². The van der Waals surface area contributed by atoms with Gasteiger partial charge in [0.15, 0.2) is 0 Å². The summed E-state index contributed by atoms with van der Waals surface area (Å²) in [6.45, 7) is 0. The zero-order chi connectivity index (χ0) is 9.80. The molecule has 1 aromatic carbocycles. The van der Waals surface area contributed by atoms with E-state index in [-0.39, 0.29) is 0 Å². The number of benzene rings is 1. The average Bonchev–Trinajstić information content (AvgIpc) is 2.65. The van der Waals surface area contributed by atoms with Gasteiger partial charge in [-0.05, 0) is 29.9 Å². The van der Waals surface area contributed by atoms with E-state index < -0.39 is 0 Å². The molecule has 0 radical (unpaired) electrons. The highest BCUT2D eigenvalue weighted by molar-refractivity contribution is 7.80. The van der Waals surface area contributed by atoms with E-state index in [1.165, 1.54) is 5.56 Å². The Kier molecular flexibility index (Phi) is 2.89. The number of nitrogens with zero attached hydrogens (tertiary/aromatic N) is 1. The third-order valence-electron chi connectivity index (χ3n) is 2.07. The molecule has 0 saturated carbocycles. The summed E-state index contributed by atoms with van der Waals surface area (Å²) in [5.41, 5.74) is 2.29. The van der Waals surface area contributed by atoms with Crippen LogP contribution in [0, 0.1) is 0 Å². The number of rotatable bonds is 3. The van der Waals surface area contributed by atoms with E-state index >= 15 is 0 Å². The van der Waals surface area contributed by atoms with E-state index in [1.807, 2.05) is 12.3 Å². The lowest BCUT2D eigenvalue weighted by atomic mass is 10.1. The molecule has 0 amide bonds. The fraction of sp³-hybridized carbons (Fsp3) is 0.182. The summed E-state index contributed by atoms with van der Waals surface area (Å²) < 4.78 is 0. The molecule has 2 nitrogen and oxygen atoms in total. The van der Waals surface area contributed by atoms with Crippen molar-refractivity contribution in [1.82, 2.24) is 10.2 Å². The van der Waals surface area contributed by atoms with Crippen molar-refractivity contribution in [3.05, 3.63) is 36.0 Å². The first-order valence-electron chi connectivity index (χ1n) is 4.60. The minimum Gasteiger partial charge on any atom is -0.278 e. The van der Waals surface area contributed by atoms with Gasteiger partial charge in [0.05, 0.1) is 11.7 Å². The molecular weight excluding hydrogens is 192 g/mol. The van der Waals surface area contributed by atoms with Crippen molar-refractivity contribution >= 4 is 29.6 Å². The maximum absolute atomic E-state index is 4.15. The number of hydrogen-bond acceptors (Lipinski definition) is 2. The summed E-state index contributed by atoms with van der Waals surface area (Å²) in [5, 5.41) is 8.06. The zero-order valence-electron chi connectivity index (χ0n) is 7.77. The maximum Gasteiger partial charge on any atom is 0.0650 e. The molecule has 2 aromatic rings. The number of H-pyrrole nitrogens is 1. The van der Waals surface area contributed by atoms with Gasteiger partial charge in [-0.25, -0.2) is 0 Å². The third kappa shape index (κ3) is 1.99. The van der Waals surface area contributed by atoms with Gasteiger partial charge in [-0.1, -0.05) is 18.2 Å². The molecule has 2 rings (SSSR count). The second-order valence-corrected chi connectivity index (χ2v) is 3.58. The number of aromatic nitrogens is 2. The standard InChI is InChI=1S/C11H12N2S/c14-6-2-1-3-9-4-5-11-10(7-9)8-12-13-11/h1,3-5,7-8,14H,2,6H2,(H,12,13). The van der Waals surface area contributed by atoms with E-state index in [9.17, 15) is 0 Å². The molecule has 0 spiro atoms. The molecule has 72 valence electrons. The van der Waals surface area contributed by atoms with Crippen LogP contribution in [0.2, 0.25) is 0 Å². The SMILES string of the molecule is SCCC=Cc1ccc2[nH]ncc2c1. The van der Waals surface area contributed by atoms with Gasteiger partial charge in [-0.3, -0.25) is 5.10 Å². The summed E-state index contributed by atoms with van der Waals surface area (Å²) >= 11 is 4.15. The molecule has 1 aromatic heterocycles. The lowest BCUT2D eigenvalue weighted by molar-refractivity contribution is 1.12. The molecule has 0 aliphatic carbocycles. The summed E-state index contributed by atoms with van der Waals surface area (Å²) in [4.78, 5) is 0. The van der Waals surface area contributed by atoms with Gasteiger partial charge >= 0.3 is 0 Å². The smallest absolute Gasteiger partial charge is 0.0650 e. The van der Waals surface area contributed by atoms with E-state index in [2.05, 4.69) is 47.1 Å². The predicted molar refractivity (Wildman–Crippen MR) is 63.6 cm³/mol. The third-order valence-corrected chi connectivity index (χ3v) is 2.33. The molecule has 1 N–H and O–H groups in total. The largest absolute Gasteiger partial charge is 0.278 e. The van der Waals surface area contributed by atoms with Crippen molar-refractivity contribution in [2.45, 2.75) is 6.42 Å². The lowest BCUT2D eigenvalue weighted by Crippen LogP contribution is -1.73. The maximum atomic E-state index is 4.15. The molecule has 0 aliphatic heterocycles. The van der Waals surface area contributed by atoms with Crippen molar-refractivity contribution in [3.8, 4) is 0 Å². The minimum atomic E-state index is 0.893. The van der Waals surface area contributed by atoms with Crippen molar-refractivity contribution in [2.24, 2.45) is 0 Å². The number of aromatic amines is 1. The second-order valence-electron chi connectivity index (χ2n) is 3.13. The molecule has 0 saturated heterocycles. The molecule has 0 aliphatic rings. The number of allylic oxidation sites excluding steroid dienone is 1. The van der Waals surface area contributed by atoms with Crippen molar-refractivity contribution < 1.29 is 0 Å². The Hall–Kier alpha value is -1.22. The molecule has 0 unspecified atom stereocenters. The molecule has 14 heavy (non-hydrogen) atoms. The average molecular weight is 204 g/mol. The van der Waals surface area contributed by atoms with Crippen LogP contribution in [0.15, 0.2) is 30.5 Å². The van der Waals surface area contributed by atoms with Crippen molar-refractivity contribution in [3.63, 3.8) is 0 Å². The monoisotopic (exact) mass is 204 g/mol. The van der Waals surface area contributed by atoms with Gasteiger partial charge in [0.25, 0.3) is 0 Å². The topological polar surface area (TPSA) is 28.7 Å².